The normalized spacial score (nSPS) is 18.9. The molecule has 1 amide bonds. The lowest BCUT2D eigenvalue weighted by atomic mass is 9.88. The fourth-order valence-corrected chi connectivity index (χ4v) is 3.94. The summed E-state index contributed by atoms with van der Waals surface area (Å²) >= 11 is 6.11. The molecule has 4 rings (SSSR count). The van der Waals surface area contributed by atoms with E-state index in [0.29, 0.717) is 28.4 Å². The van der Waals surface area contributed by atoms with Crippen LogP contribution < -0.4 is 4.90 Å². The van der Waals surface area contributed by atoms with E-state index in [1.54, 1.807) is 24.4 Å². The number of para-hydroxylation sites is 1. The lowest BCUT2D eigenvalue weighted by Crippen LogP contribution is -2.42. The van der Waals surface area contributed by atoms with E-state index in [0.717, 1.165) is 17.3 Å². The summed E-state index contributed by atoms with van der Waals surface area (Å²) < 4.78 is 0. The Balaban J connectivity index is 1.75. The van der Waals surface area contributed by atoms with Crippen molar-refractivity contribution in [1.82, 2.24) is 4.98 Å². The summed E-state index contributed by atoms with van der Waals surface area (Å²) in [6.45, 7) is 2.42. The van der Waals surface area contributed by atoms with Gasteiger partial charge in [0.25, 0.3) is 5.91 Å². The molecule has 5 nitrogen and oxygen atoms in total. The Morgan fingerprint density at radius 1 is 1.26 bits per heavy atom. The zero-order valence-electron chi connectivity index (χ0n) is 14.8. The molecular formula is C21H19ClN2O3. The SMILES string of the molecule is CCCN1C(=O)C(O)(CC(=O)c2c[nH]c3ccccc23)c2cc(Cl)ccc21. The Bertz CT molecular complexity index is 1060. The molecule has 1 aliphatic heterocycles. The molecule has 2 aromatic carbocycles. The highest BCUT2D eigenvalue weighted by molar-refractivity contribution is 6.31. The number of halogens is 1. The van der Waals surface area contributed by atoms with Crippen molar-refractivity contribution < 1.29 is 14.7 Å². The number of H-pyrrole nitrogens is 1. The first-order valence-electron chi connectivity index (χ1n) is 8.89. The molecule has 6 heteroatoms. The summed E-state index contributed by atoms with van der Waals surface area (Å²) in [5.41, 5.74) is 0.387. The van der Waals surface area contributed by atoms with Crippen LogP contribution in [0.15, 0.2) is 48.7 Å². The molecule has 0 fully saturated rings. The third-order valence-corrected chi connectivity index (χ3v) is 5.28. The monoisotopic (exact) mass is 382 g/mol. The Hall–Kier alpha value is -2.63. The minimum Gasteiger partial charge on any atom is -0.375 e. The molecule has 0 spiro atoms. The first kappa shape index (κ1) is 17.8. The molecule has 0 radical (unpaired) electrons. The number of nitrogens with one attached hydrogen (secondary N) is 1. The van der Waals surface area contributed by atoms with Crippen molar-refractivity contribution >= 4 is 39.9 Å². The number of ketones is 1. The van der Waals surface area contributed by atoms with Crippen LogP contribution >= 0.6 is 11.6 Å². The zero-order valence-corrected chi connectivity index (χ0v) is 15.6. The largest absolute Gasteiger partial charge is 0.375 e. The van der Waals surface area contributed by atoms with Gasteiger partial charge in [-0.1, -0.05) is 36.7 Å². The van der Waals surface area contributed by atoms with E-state index < -0.39 is 11.5 Å². The van der Waals surface area contributed by atoms with Crippen LogP contribution in [0.1, 0.15) is 35.7 Å². The number of Topliss-reactive ketones (excluding diaryl/α,β-unsaturated/α-hetero) is 1. The number of aromatic amines is 1. The van der Waals surface area contributed by atoms with Crippen LogP contribution in [0.4, 0.5) is 5.69 Å². The number of hydrogen-bond donors (Lipinski definition) is 2. The van der Waals surface area contributed by atoms with Crippen LogP contribution in [-0.4, -0.2) is 28.3 Å². The molecule has 1 aromatic heterocycles. The molecule has 2 N–H and O–H groups in total. The van der Waals surface area contributed by atoms with E-state index in [1.807, 2.05) is 31.2 Å². The first-order valence-corrected chi connectivity index (χ1v) is 9.27. The van der Waals surface area contributed by atoms with E-state index in [1.165, 1.54) is 4.90 Å². The van der Waals surface area contributed by atoms with Gasteiger partial charge in [-0.3, -0.25) is 9.59 Å². The molecule has 3 aromatic rings. The van der Waals surface area contributed by atoms with Crippen LogP contribution in [0, 0.1) is 0 Å². The van der Waals surface area contributed by atoms with Gasteiger partial charge in [0.1, 0.15) is 0 Å². The Morgan fingerprint density at radius 3 is 2.81 bits per heavy atom. The summed E-state index contributed by atoms with van der Waals surface area (Å²) in [4.78, 5) is 30.6. The molecule has 0 saturated heterocycles. The van der Waals surface area contributed by atoms with Crippen LogP contribution in [0.2, 0.25) is 5.02 Å². The molecule has 1 aliphatic rings. The number of benzene rings is 2. The number of hydrogen-bond acceptors (Lipinski definition) is 3. The van der Waals surface area contributed by atoms with Gasteiger partial charge in [-0.25, -0.2) is 0 Å². The number of carbonyl (C=O) groups is 2. The number of aromatic nitrogens is 1. The molecule has 1 atom stereocenters. The van der Waals surface area contributed by atoms with E-state index >= 15 is 0 Å². The van der Waals surface area contributed by atoms with Gasteiger partial charge in [0, 0.05) is 39.8 Å². The summed E-state index contributed by atoms with van der Waals surface area (Å²) in [5.74, 6) is -0.776. The number of amides is 1. The molecule has 2 heterocycles. The molecule has 0 bridgehead atoms. The van der Waals surface area contributed by atoms with Gasteiger partial charge < -0.3 is 15.0 Å². The minimum atomic E-state index is -1.91. The second kappa shape index (κ2) is 6.51. The highest BCUT2D eigenvalue weighted by Gasteiger charge is 2.50. The highest BCUT2D eigenvalue weighted by atomic mass is 35.5. The third kappa shape index (κ3) is 2.74. The highest BCUT2D eigenvalue weighted by Crippen LogP contribution is 2.44. The van der Waals surface area contributed by atoms with Gasteiger partial charge in [0.2, 0.25) is 0 Å². The van der Waals surface area contributed by atoms with Crippen LogP contribution in [0.25, 0.3) is 10.9 Å². The molecular weight excluding hydrogens is 364 g/mol. The molecule has 138 valence electrons. The van der Waals surface area contributed by atoms with E-state index in [4.69, 9.17) is 11.6 Å². The predicted octanol–water partition coefficient (Wildman–Crippen LogP) is 4.04. The fraction of sp³-hybridized carbons (Fsp3) is 0.238. The first-order chi connectivity index (χ1) is 13.0. The van der Waals surface area contributed by atoms with Crippen molar-refractivity contribution in [3.63, 3.8) is 0 Å². The lowest BCUT2D eigenvalue weighted by Gasteiger charge is -2.22. The predicted molar refractivity (Wildman–Crippen MR) is 105 cm³/mol. The van der Waals surface area contributed by atoms with Crippen molar-refractivity contribution in [2.75, 3.05) is 11.4 Å². The van der Waals surface area contributed by atoms with Crippen molar-refractivity contribution in [2.24, 2.45) is 0 Å². The van der Waals surface area contributed by atoms with E-state index in [2.05, 4.69) is 4.98 Å². The summed E-state index contributed by atoms with van der Waals surface area (Å²) in [7, 11) is 0. The number of fused-ring (bicyclic) bond motifs is 2. The van der Waals surface area contributed by atoms with Crippen LogP contribution in [-0.2, 0) is 10.4 Å². The molecule has 0 aliphatic carbocycles. The van der Waals surface area contributed by atoms with Gasteiger partial charge in [-0.15, -0.1) is 0 Å². The standard InChI is InChI=1S/C21H19ClN2O3/c1-2-9-24-18-8-7-13(22)10-16(18)21(27,20(24)26)11-19(25)15-12-23-17-6-4-3-5-14(15)17/h3-8,10,12,23,27H,2,9,11H2,1H3. The maximum Gasteiger partial charge on any atom is 0.264 e. The maximum absolute atomic E-state index is 13.0. The Kier molecular flexibility index (Phi) is 4.29. The van der Waals surface area contributed by atoms with Crippen molar-refractivity contribution in [2.45, 2.75) is 25.4 Å². The lowest BCUT2D eigenvalue weighted by molar-refractivity contribution is -0.135. The third-order valence-electron chi connectivity index (χ3n) is 5.05. The smallest absolute Gasteiger partial charge is 0.264 e. The number of anilines is 1. The summed E-state index contributed by atoms with van der Waals surface area (Å²) in [6.07, 6.45) is 2.03. The maximum atomic E-state index is 13.0. The quantitative estimate of drug-likeness (QED) is 0.654. The topological polar surface area (TPSA) is 73.4 Å². The number of rotatable bonds is 5. The van der Waals surface area contributed by atoms with Crippen LogP contribution in [0.3, 0.4) is 0 Å². The van der Waals surface area contributed by atoms with Crippen molar-refractivity contribution in [3.8, 4) is 0 Å². The van der Waals surface area contributed by atoms with Gasteiger partial charge in [0.05, 0.1) is 12.1 Å². The molecule has 1 unspecified atom stereocenters. The van der Waals surface area contributed by atoms with Gasteiger partial charge in [-0.2, -0.15) is 0 Å². The number of nitrogens with zero attached hydrogens (tertiary/aromatic N) is 1. The Labute approximate surface area is 161 Å². The number of carbonyl (C=O) groups excluding carboxylic acids is 2. The minimum absolute atomic E-state index is 0.299. The summed E-state index contributed by atoms with van der Waals surface area (Å²) in [6, 6.07) is 12.4. The van der Waals surface area contributed by atoms with E-state index in [-0.39, 0.29) is 12.2 Å². The van der Waals surface area contributed by atoms with Gasteiger partial charge in [-0.05, 0) is 30.7 Å². The fourth-order valence-electron chi connectivity index (χ4n) is 3.77. The second-order valence-electron chi connectivity index (χ2n) is 6.83. The van der Waals surface area contributed by atoms with E-state index in [9.17, 15) is 14.7 Å². The summed E-state index contributed by atoms with van der Waals surface area (Å²) in [5, 5.41) is 12.5. The van der Waals surface area contributed by atoms with Gasteiger partial charge in [0.15, 0.2) is 11.4 Å². The molecule has 27 heavy (non-hydrogen) atoms. The van der Waals surface area contributed by atoms with Gasteiger partial charge >= 0.3 is 0 Å². The molecule has 0 saturated carbocycles. The Morgan fingerprint density at radius 2 is 2.04 bits per heavy atom. The average Bonchev–Trinajstić information content (AvgIpc) is 3.17. The van der Waals surface area contributed by atoms with Crippen molar-refractivity contribution in [3.05, 3.63) is 64.8 Å². The second-order valence-corrected chi connectivity index (χ2v) is 7.26. The number of aliphatic hydroxyl groups is 1. The average molecular weight is 383 g/mol. The zero-order chi connectivity index (χ0) is 19.2. The van der Waals surface area contributed by atoms with Crippen LogP contribution in [0.5, 0.6) is 0 Å². The van der Waals surface area contributed by atoms with Crippen molar-refractivity contribution in [1.29, 1.82) is 0 Å².